The van der Waals surface area contributed by atoms with Gasteiger partial charge in [0.25, 0.3) is 0 Å². The van der Waals surface area contributed by atoms with E-state index in [1.807, 2.05) is 6.92 Å². The maximum absolute atomic E-state index is 10.0. The Kier molecular flexibility index (Phi) is 5.28. The number of nitrogens with zero attached hydrogens (tertiary/aromatic N) is 3. The van der Waals surface area contributed by atoms with Crippen LogP contribution < -0.4 is 5.32 Å². The molecule has 5 N–H and O–H groups in total. The second-order valence-electron chi connectivity index (χ2n) is 5.62. The molecule has 8 nitrogen and oxygen atoms in total. The molecular formula is C13H24N4O4. The highest BCUT2D eigenvalue weighted by Gasteiger charge is 2.41. The molecule has 1 saturated heterocycles. The molecule has 2 heterocycles. The Balaban J connectivity index is 2.11. The molecule has 1 aliphatic heterocycles. The van der Waals surface area contributed by atoms with Gasteiger partial charge in [-0.1, -0.05) is 12.1 Å². The summed E-state index contributed by atoms with van der Waals surface area (Å²) in [6.45, 7) is 3.79. The van der Waals surface area contributed by atoms with Crippen LogP contribution in [0.5, 0.6) is 0 Å². The molecule has 0 spiro atoms. The third-order valence-electron chi connectivity index (χ3n) is 3.91. The van der Waals surface area contributed by atoms with Gasteiger partial charge in [-0.15, -0.1) is 5.10 Å². The van der Waals surface area contributed by atoms with Crippen molar-refractivity contribution in [2.75, 3.05) is 6.61 Å². The number of hydrogen-bond donors (Lipinski definition) is 5. The number of aliphatic hydroxyl groups is 4. The molecular weight excluding hydrogens is 276 g/mol. The summed E-state index contributed by atoms with van der Waals surface area (Å²) in [6, 6.07) is -0.931. The molecule has 0 bridgehead atoms. The SMILES string of the molecule is CCc1c(CC(C)O)nnn1C[C@H]1N[C@H](CO)[C@@H](O)[C@@H]1O. The van der Waals surface area contributed by atoms with E-state index in [1.54, 1.807) is 11.6 Å². The van der Waals surface area contributed by atoms with Crippen LogP contribution in [0.4, 0.5) is 0 Å². The van der Waals surface area contributed by atoms with Crippen molar-refractivity contribution in [2.24, 2.45) is 0 Å². The number of hydrogen-bond acceptors (Lipinski definition) is 7. The Morgan fingerprint density at radius 1 is 1.29 bits per heavy atom. The summed E-state index contributed by atoms with van der Waals surface area (Å²) in [4.78, 5) is 0. The lowest BCUT2D eigenvalue weighted by Crippen LogP contribution is -2.38. The lowest BCUT2D eigenvalue weighted by molar-refractivity contribution is 0.0174. The summed E-state index contributed by atoms with van der Waals surface area (Å²) in [6.07, 6.45) is -1.30. The molecule has 0 aliphatic carbocycles. The van der Waals surface area contributed by atoms with Gasteiger partial charge < -0.3 is 25.7 Å². The molecule has 5 atom stereocenters. The summed E-state index contributed by atoms with van der Waals surface area (Å²) < 4.78 is 1.69. The standard InChI is InChI=1S/C13H24N4O4/c1-3-11-8(4-7(2)19)15-16-17(11)5-9-12(20)13(21)10(6-18)14-9/h7,9-10,12-14,18-21H,3-6H2,1-2H3/t7?,9-,10-,12-,13-/m1/s1. The second kappa shape index (κ2) is 6.80. The molecule has 1 aromatic rings. The predicted octanol–water partition coefficient (Wildman–Crippen LogP) is -2.18. The summed E-state index contributed by atoms with van der Waals surface area (Å²) in [5.74, 6) is 0. The molecule has 0 amide bonds. The monoisotopic (exact) mass is 300 g/mol. The lowest BCUT2D eigenvalue weighted by atomic mass is 10.1. The zero-order chi connectivity index (χ0) is 15.6. The quantitative estimate of drug-likeness (QED) is 0.404. The van der Waals surface area contributed by atoms with Crippen LogP contribution in [0.2, 0.25) is 0 Å². The minimum absolute atomic E-state index is 0.236. The minimum Gasteiger partial charge on any atom is -0.395 e. The van der Waals surface area contributed by atoms with E-state index in [2.05, 4.69) is 15.6 Å². The van der Waals surface area contributed by atoms with E-state index in [1.165, 1.54) is 0 Å². The highest BCUT2D eigenvalue weighted by Crippen LogP contribution is 2.17. The Bertz CT molecular complexity index is 465. The van der Waals surface area contributed by atoms with Crippen LogP contribution in [0.1, 0.15) is 25.2 Å². The second-order valence-corrected chi connectivity index (χ2v) is 5.62. The Labute approximate surface area is 123 Å². The fourth-order valence-corrected chi connectivity index (χ4v) is 2.80. The lowest BCUT2D eigenvalue weighted by Gasteiger charge is -2.17. The average molecular weight is 300 g/mol. The van der Waals surface area contributed by atoms with Gasteiger partial charge in [-0.3, -0.25) is 0 Å². The van der Waals surface area contributed by atoms with Crippen molar-refractivity contribution in [2.45, 2.75) is 63.6 Å². The van der Waals surface area contributed by atoms with E-state index >= 15 is 0 Å². The van der Waals surface area contributed by atoms with Crippen molar-refractivity contribution in [1.29, 1.82) is 0 Å². The van der Waals surface area contributed by atoms with E-state index in [0.717, 1.165) is 11.4 Å². The van der Waals surface area contributed by atoms with Crippen LogP contribution in [-0.2, 0) is 19.4 Å². The van der Waals surface area contributed by atoms with Crippen molar-refractivity contribution in [3.8, 4) is 0 Å². The minimum atomic E-state index is -0.995. The topological polar surface area (TPSA) is 124 Å². The van der Waals surface area contributed by atoms with Gasteiger partial charge in [0.05, 0.1) is 54.9 Å². The van der Waals surface area contributed by atoms with Crippen molar-refractivity contribution in [3.05, 3.63) is 11.4 Å². The molecule has 1 unspecified atom stereocenters. The first kappa shape index (κ1) is 16.3. The fraction of sp³-hybridized carbons (Fsp3) is 0.846. The maximum atomic E-state index is 10.0. The van der Waals surface area contributed by atoms with Crippen molar-refractivity contribution < 1.29 is 20.4 Å². The van der Waals surface area contributed by atoms with Gasteiger partial charge in [-0.2, -0.15) is 0 Å². The van der Waals surface area contributed by atoms with E-state index < -0.39 is 30.4 Å². The first-order valence-corrected chi connectivity index (χ1v) is 7.30. The van der Waals surface area contributed by atoms with Gasteiger partial charge in [-0.05, 0) is 13.3 Å². The van der Waals surface area contributed by atoms with Crippen LogP contribution in [0.3, 0.4) is 0 Å². The van der Waals surface area contributed by atoms with Crippen LogP contribution >= 0.6 is 0 Å². The van der Waals surface area contributed by atoms with Gasteiger partial charge >= 0.3 is 0 Å². The van der Waals surface area contributed by atoms with Crippen LogP contribution in [-0.4, -0.2) is 72.4 Å². The van der Waals surface area contributed by atoms with E-state index in [-0.39, 0.29) is 6.61 Å². The number of aromatic nitrogens is 3. The molecule has 0 saturated carbocycles. The third kappa shape index (κ3) is 3.41. The van der Waals surface area contributed by atoms with E-state index in [9.17, 15) is 15.3 Å². The summed E-state index contributed by atoms with van der Waals surface area (Å²) >= 11 is 0. The van der Waals surface area contributed by atoms with E-state index in [0.29, 0.717) is 19.4 Å². The first-order valence-electron chi connectivity index (χ1n) is 7.30. The van der Waals surface area contributed by atoms with Crippen LogP contribution in [0, 0.1) is 0 Å². The zero-order valence-corrected chi connectivity index (χ0v) is 12.3. The molecule has 1 aromatic heterocycles. The van der Waals surface area contributed by atoms with Crippen molar-refractivity contribution in [1.82, 2.24) is 20.3 Å². The van der Waals surface area contributed by atoms with Crippen molar-refractivity contribution in [3.63, 3.8) is 0 Å². The Morgan fingerprint density at radius 3 is 2.48 bits per heavy atom. The molecule has 21 heavy (non-hydrogen) atoms. The molecule has 1 fully saturated rings. The normalized spacial score (nSPS) is 30.8. The molecule has 120 valence electrons. The number of rotatable bonds is 6. The van der Waals surface area contributed by atoms with Crippen LogP contribution in [0.25, 0.3) is 0 Å². The van der Waals surface area contributed by atoms with Crippen LogP contribution in [0.15, 0.2) is 0 Å². The summed E-state index contributed by atoms with van der Waals surface area (Å²) in [5, 5.41) is 49.6. The number of aliphatic hydroxyl groups excluding tert-OH is 4. The summed E-state index contributed by atoms with van der Waals surface area (Å²) in [7, 11) is 0. The highest BCUT2D eigenvalue weighted by atomic mass is 16.3. The average Bonchev–Trinajstić information content (AvgIpc) is 2.94. The van der Waals surface area contributed by atoms with Gasteiger partial charge in [-0.25, -0.2) is 4.68 Å². The molecule has 8 heteroatoms. The predicted molar refractivity (Wildman–Crippen MR) is 74.6 cm³/mol. The van der Waals surface area contributed by atoms with Gasteiger partial charge in [0.2, 0.25) is 0 Å². The zero-order valence-electron chi connectivity index (χ0n) is 12.3. The highest BCUT2D eigenvalue weighted by molar-refractivity contribution is 5.12. The van der Waals surface area contributed by atoms with Gasteiger partial charge in [0.1, 0.15) is 0 Å². The van der Waals surface area contributed by atoms with Crippen molar-refractivity contribution >= 4 is 0 Å². The Morgan fingerprint density at radius 2 is 1.95 bits per heavy atom. The molecule has 0 radical (unpaired) electrons. The molecule has 2 rings (SSSR count). The van der Waals surface area contributed by atoms with E-state index in [4.69, 9.17) is 5.11 Å². The van der Waals surface area contributed by atoms with Gasteiger partial charge in [0.15, 0.2) is 0 Å². The third-order valence-corrected chi connectivity index (χ3v) is 3.91. The summed E-state index contributed by atoms with van der Waals surface area (Å²) in [5.41, 5.74) is 1.66. The Hall–Kier alpha value is -1.06. The first-order chi connectivity index (χ1) is 9.97. The smallest absolute Gasteiger partial charge is 0.0990 e. The largest absolute Gasteiger partial charge is 0.395 e. The molecule has 0 aromatic carbocycles. The number of nitrogens with one attached hydrogen (secondary N) is 1. The maximum Gasteiger partial charge on any atom is 0.0990 e. The molecule has 1 aliphatic rings. The fourth-order valence-electron chi connectivity index (χ4n) is 2.80. The van der Waals surface area contributed by atoms with Gasteiger partial charge in [0, 0.05) is 6.42 Å².